The van der Waals surface area contributed by atoms with Crippen LogP contribution < -0.4 is 10.1 Å². The van der Waals surface area contributed by atoms with Crippen LogP contribution in [-0.2, 0) is 11.0 Å². The number of rotatable bonds is 5. The molecule has 0 saturated carbocycles. The molecule has 0 bridgehead atoms. The van der Waals surface area contributed by atoms with Gasteiger partial charge in [-0.05, 0) is 44.2 Å². The quantitative estimate of drug-likeness (QED) is 0.496. The van der Waals surface area contributed by atoms with Crippen LogP contribution in [0.1, 0.15) is 23.7 Å². The number of hydrogen-bond donors (Lipinski definition) is 1. The van der Waals surface area contributed by atoms with Crippen LogP contribution in [0.15, 0.2) is 35.4 Å². The van der Waals surface area contributed by atoms with Crippen molar-refractivity contribution in [1.29, 1.82) is 5.26 Å². The summed E-state index contributed by atoms with van der Waals surface area (Å²) in [5, 5.41) is 10.4. The molecule has 5 nitrogen and oxygen atoms in total. The van der Waals surface area contributed by atoms with Gasteiger partial charge in [-0.15, -0.1) is 13.2 Å². The minimum Gasteiger partial charge on any atom is -0.406 e. The maximum absolute atomic E-state index is 13.2. The van der Waals surface area contributed by atoms with E-state index in [1.54, 1.807) is 0 Å². The first-order valence-corrected chi connectivity index (χ1v) is 9.00. The summed E-state index contributed by atoms with van der Waals surface area (Å²) in [4.78, 5) is 16.3. The zero-order chi connectivity index (χ0) is 22.7. The Hall–Kier alpha value is -2.94. The van der Waals surface area contributed by atoms with Gasteiger partial charge in [0.15, 0.2) is 0 Å². The SMILES string of the molecule is Cc1cc(C(F)(F)F)c(C#N)c(SC(C)C(=O)Nc2ccc(OC(F)(F)F)cc2)n1. The first-order valence-electron chi connectivity index (χ1n) is 8.12. The number of carbonyl (C=O) groups is 1. The zero-order valence-corrected chi connectivity index (χ0v) is 16.2. The largest absolute Gasteiger partial charge is 0.573 e. The summed E-state index contributed by atoms with van der Waals surface area (Å²) < 4.78 is 79.7. The molecular weight excluding hydrogens is 436 g/mol. The average molecular weight is 449 g/mol. The van der Waals surface area contributed by atoms with E-state index in [9.17, 15) is 31.1 Å². The molecule has 0 aliphatic heterocycles. The third-order valence-corrected chi connectivity index (χ3v) is 4.63. The van der Waals surface area contributed by atoms with Crippen LogP contribution in [0.3, 0.4) is 0 Å². The highest BCUT2D eigenvalue weighted by molar-refractivity contribution is 8.00. The van der Waals surface area contributed by atoms with Crippen molar-refractivity contribution in [3.05, 3.63) is 47.2 Å². The Bertz CT molecular complexity index is 968. The molecule has 0 aliphatic carbocycles. The summed E-state index contributed by atoms with van der Waals surface area (Å²) in [5.74, 6) is -1.13. The number of nitriles is 1. The minimum absolute atomic E-state index is 0.0247. The van der Waals surface area contributed by atoms with Crippen LogP contribution in [0.2, 0.25) is 0 Å². The molecule has 30 heavy (non-hydrogen) atoms. The van der Waals surface area contributed by atoms with Crippen LogP contribution in [0.25, 0.3) is 0 Å². The fraction of sp³-hybridized carbons (Fsp3) is 0.278. The summed E-state index contributed by atoms with van der Waals surface area (Å²) in [6, 6.07) is 6.55. The van der Waals surface area contributed by atoms with Gasteiger partial charge in [-0.1, -0.05) is 11.8 Å². The Morgan fingerprint density at radius 2 is 1.80 bits per heavy atom. The van der Waals surface area contributed by atoms with Gasteiger partial charge in [0, 0.05) is 11.4 Å². The first-order chi connectivity index (χ1) is 13.8. The highest BCUT2D eigenvalue weighted by Crippen LogP contribution is 2.37. The van der Waals surface area contributed by atoms with E-state index < -0.39 is 40.6 Å². The molecule has 1 heterocycles. The van der Waals surface area contributed by atoms with Crippen LogP contribution in [0.5, 0.6) is 5.75 Å². The Balaban J connectivity index is 2.15. The van der Waals surface area contributed by atoms with Crippen LogP contribution in [0, 0.1) is 18.3 Å². The molecule has 0 fully saturated rings. The second-order valence-electron chi connectivity index (χ2n) is 5.92. The number of amides is 1. The van der Waals surface area contributed by atoms with E-state index in [0.717, 1.165) is 18.2 Å². The van der Waals surface area contributed by atoms with E-state index in [0.29, 0.717) is 11.8 Å². The lowest BCUT2D eigenvalue weighted by Crippen LogP contribution is -2.23. The second-order valence-corrected chi connectivity index (χ2v) is 7.25. The van der Waals surface area contributed by atoms with Crippen molar-refractivity contribution >= 4 is 23.4 Å². The normalized spacial score (nSPS) is 12.8. The Kier molecular flexibility index (Phi) is 6.87. The summed E-state index contributed by atoms with van der Waals surface area (Å²) >= 11 is 0.658. The Labute approximate surface area is 171 Å². The Morgan fingerprint density at radius 1 is 1.20 bits per heavy atom. The molecule has 0 radical (unpaired) electrons. The van der Waals surface area contributed by atoms with Crippen molar-refractivity contribution in [1.82, 2.24) is 4.98 Å². The molecule has 2 rings (SSSR count). The molecule has 1 N–H and O–H groups in total. The van der Waals surface area contributed by atoms with E-state index in [4.69, 9.17) is 5.26 Å². The molecular formula is C18H13F6N3O2S. The van der Waals surface area contributed by atoms with E-state index in [2.05, 4.69) is 15.0 Å². The molecule has 1 amide bonds. The third kappa shape index (κ3) is 6.28. The monoisotopic (exact) mass is 449 g/mol. The fourth-order valence-corrected chi connectivity index (χ4v) is 3.24. The maximum Gasteiger partial charge on any atom is 0.573 e. The summed E-state index contributed by atoms with van der Waals surface area (Å²) in [6.45, 7) is 2.72. The van der Waals surface area contributed by atoms with Crippen molar-refractivity contribution in [2.45, 2.75) is 36.7 Å². The molecule has 1 aromatic heterocycles. The van der Waals surface area contributed by atoms with Crippen molar-refractivity contribution in [2.75, 3.05) is 5.32 Å². The van der Waals surface area contributed by atoms with Gasteiger partial charge in [0.1, 0.15) is 16.8 Å². The maximum atomic E-state index is 13.2. The van der Waals surface area contributed by atoms with Gasteiger partial charge in [0.2, 0.25) is 5.91 Å². The highest BCUT2D eigenvalue weighted by atomic mass is 32.2. The van der Waals surface area contributed by atoms with Crippen LogP contribution in [0.4, 0.5) is 32.0 Å². The van der Waals surface area contributed by atoms with Crippen molar-refractivity contribution in [3.8, 4) is 11.8 Å². The molecule has 2 aromatic rings. The molecule has 0 saturated heterocycles. The van der Waals surface area contributed by atoms with E-state index in [1.807, 2.05) is 0 Å². The predicted octanol–water partition coefficient (Wildman–Crippen LogP) is 5.30. The number of thioether (sulfide) groups is 1. The highest BCUT2D eigenvalue weighted by Gasteiger charge is 2.36. The topological polar surface area (TPSA) is 75.0 Å². The van der Waals surface area contributed by atoms with E-state index in [-0.39, 0.29) is 16.4 Å². The average Bonchev–Trinajstić information content (AvgIpc) is 2.61. The fourth-order valence-electron chi connectivity index (χ4n) is 2.27. The number of carbonyl (C=O) groups excluding carboxylic acids is 1. The van der Waals surface area contributed by atoms with Crippen LogP contribution in [-0.4, -0.2) is 22.5 Å². The predicted molar refractivity (Wildman–Crippen MR) is 95.8 cm³/mol. The Morgan fingerprint density at radius 3 is 2.30 bits per heavy atom. The number of nitrogens with one attached hydrogen (secondary N) is 1. The molecule has 1 unspecified atom stereocenters. The molecule has 160 valence electrons. The number of alkyl halides is 6. The molecule has 0 spiro atoms. The number of anilines is 1. The van der Waals surface area contributed by atoms with Crippen molar-refractivity contribution in [2.24, 2.45) is 0 Å². The molecule has 1 atom stereocenters. The summed E-state index contributed by atoms with van der Waals surface area (Å²) in [6.07, 6.45) is -9.62. The van der Waals surface area contributed by atoms with Crippen molar-refractivity contribution < 1.29 is 35.9 Å². The first kappa shape index (κ1) is 23.3. The van der Waals surface area contributed by atoms with E-state index in [1.165, 1.54) is 32.0 Å². The molecule has 12 heteroatoms. The lowest BCUT2D eigenvalue weighted by atomic mass is 10.1. The van der Waals surface area contributed by atoms with Gasteiger partial charge in [-0.3, -0.25) is 4.79 Å². The lowest BCUT2D eigenvalue weighted by Gasteiger charge is -2.16. The number of ether oxygens (including phenoxy) is 1. The summed E-state index contributed by atoms with van der Waals surface area (Å²) in [5.41, 5.74) is -1.66. The smallest absolute Gasteiger partial charge is 0.406 e. The van der Waals surface area contributed by atoms with Crippen molar-refractivity contribution in [3.63, 3.8) is 0 Å². The number of hydrogen-bond acceptors (Lipinski definition) is 5. The van der Waals surface area contributed by atoms with Gasteiger partial charge >= 0.3 is 12.5 Å². The summed E-state index contributed by atoms with van der Waals surface area (Å²) in [7, 11) is 0. The van der Waals surface area contributed by atoms with Gasteiger partial charge in [-0.25, -0.2) is 4.98 Å². The number of aryl methyl sites for hydroxylation is 1. The molecule has 0 aliphatic rings. The van der Waals surface area contributed by atoms with Crippen LogP contribution >= 0.6 is 11.8 Å². The standard InChI is InChI=1S/C18H13F6N3O2S/c1-9-7-14(17(19,20)21)13(8-25)16(26-9)30-10(2)15(28)27-11-3-5-12(6-4-11)29-18(22,23)24/h3-7,10H,1-2H3,(H,27,28). The zero-order valence-electron chi connectivity index (χ0n) is 15.4. The number of benzene rings is 1. The molecule has 1 aromatic carbocycles. The van der Waals surface area contributed by atoms with Gasteiger partial charge in [-0.2, -0.15) is 18.4 Å². The van der Waals surface area contributed by atoms with E-state index >= 15 is 0 Å². The third-order valence-electron chi connectivity index (χ3n) is 3.54. The van der Waals surface area contributed by atoms with Gasteiger partial charge in [0.25, 0.3) is 0 Å². The number of pyridine rings is 1. The number of nitrogens with zero attached hydrogens (tertiary/aromatic N) is 2. The second kappa shape index (κ2) is 8.83. The van der Waals surface area contributed by atoms with Gasteiger partial charge in [0.05, 0.1) is 16.4 Å². The lowest BCUT2D eigenvalue weighted by molar-refractivity contribution is -0.274. The number of halogens is 6. The number of aromatic nitrogens is 1. The minimum atomic E-state index is -4.86. The van der Waals surface area contributed by atoms with Gasteiger partial charge < -0.3 is 10.1 Å².